The fourth-order valence-electron chi connectivity index (χ4n) is 2.72. The maximum absolute atomic E-state index is 9.68. The first-order valence-electron chi connectivity index (χ1n) is 8.27. The second kappa shape index (κ2) is 8.82. The third kappa shape index (κ3) is 3.83. The minimum absolute atomic E-state index is 0.0861. The van der Waals surface area contributed by atoms with Crippen LogP contribution in [0.5, 0.6) is 23.0 Å². The van der Waals surface area contributed by atoms with Crippen LogP contribution in [-0.4, -0.2) is 58.8 Å². The van der Waals surface area contributed by atoms with E-state index in [4.69, 9.17) is 18.9 Å². The van der Waals surface area contributed by atoms with E-state index in [9.17, 15) is 5.21 Å². The van der Waals surface area contributed by atoms with Crippen molar-refractivity contribution in [3.63, 3.8) is 0 Å². The quantitative estimate of drug-likeness (QED) is 0.260. The molecule has 0 spiro atoms. The summed E-state index contributed by atoms with van der Waals surface area (Å²) < 4.78 is 22.0. The summed E-state index contributed by atoms with van der Waals surface area (Å²) in [7, 11) is 6.25. The van der Waals surface area contributed by atoms with Crippen LogP contribution in [-0.2, 0) is 0 Å². The molecule has 0 aliphatic rings. The van der Waals surface area contributed by atoms with Crippen molar-refractivity contribution in [3.8, 4) is 34.3 Å². The number of benzene rings is 2. The molecule has 28 heavy (non-hydrogen) atoms. The average Bonchev–Trinajstić information content (AvgIpc) is 3.23. The van der Waals surface area contributed by atoms with Crippen LogP contribution >= 0.6 is 0 Å². The third-order valence-corrected chi connectivity index (χ3v) is 5.91. The number of nitrogens with zero attached hydrogens (tertiary/aromatic N) is 2. The molecule has 0 atom stereocenters. The number of ether oxygens (including phenoxy) is 4. The topological polar surface area (TPSA) is 82.4 Å². The Morgan fingerprint density at radius 2 is 1.57 bits per heavy atom. The summed E-state index contributed by atoms with van der Waals surface area (Å²) in [4.78, 5) is 6.72. The summed E-state index contributed by atoms with van der Waals surface area (Å²) >= 11 is -0.0861. The molecule has 0 saturated carbocycles. The van der Waals surface area contributed by atoms with Gasteiger partial charge in [0, 0.05) is 0 Å². The van der Waals surface area contributed by atoms with Crippen LogP contribution in [0.1, 0.15) is 10.1 Å². The van der Waals surface area contributed by atoms with Crippen molar-refractivity contribution >= 4 is 20.2 Å². The molecule has 1 heterocycles. The molecular formula is C20H20N2O5Se. The normalized spacial score (nSPS) is 11.2. The van der Waals surface area contributed by atoms with Gasteiger partial charge in [-0.25, -0.2) is 0 Å². The number of hydrogen-bond acceptors (Lipinski definition) is 7. The summed E-state index contributed by atoms with van der Waals surface area (Å²) in [6.07, 6.45) is 0. The first-order valence-corrected chi connectivity index (χ1v) is 10.1. The standard InChI is InChI=1S/C20H20N2O5Se/c1-24-14-7-5-12(6-8-14)15-11-28-20(21-15)18(22-23)13-9-16(25-2)19(27-4)17(10-13)26-3/h5-11,23H,1-4H3. The van der Waals surface area contributed by atoms with Gasteiger partial charge in [0.15, 0.2) is 0 Å². The summed E-state index contributed by atoms with van der Waals surface area (Å²) in [5.74, 6) is 2.22. The summed E-state index contributed by atoms with van der Waals surface area (Å²) in [5, 5.41) is 13.2. The molecule has 3 rings (SSSR count). The van der Waals surface area contributed by atoms with Crippen molar-refractivity contribution in [2.75, 3.05) is 28.4 Å². The van der Waals surface area contributed by atoms with Gasteiger partial charge in [0.2, 0.25) is 0 Å². The van der Waals surface area contributed by atoms with E-state index in [1.807, 2.05) is 29.2 Å². The van der Waals surface area contributed by atoms with Gasteiger partial charge in [0.1, 0.15) is 0 Å². The Labute approximate surface area is 168 Å². The molecule has 0 fully saturated rings. The Bertz CT molecular complexity index is 958. The summed E-state index contributed by atoms with van der Waals surface area (Å²) in [6.45, 7) is 0. The molecule has 0 bridgehead atoms. The van der Waals surface area contributed by atoms with E-state index in [-0.39, 0.29) is 14.5 Å². The third-order valence-electron chi connectivity index (χ3n) is 4.13. The number of hydrogen-bond donors (Lipinski definition) is 1. The molecule has 0 saturated heterocycles. The predicted molar refractivity (Wildman–Crippen MR) is 107 cm³/mol. The van der Waals surface area contributed by atoms with Gasteiger partial charge in [0.25, 0.3) is 0 Å². The fraction of sp³-hybridized carbons (Fsp3) is 0.200. The molecule has 3 aromatic rings. The number of aromatic nitrogens is 1. The van der Waals surface area contributed by atoms with Gasteiger partial charge < -0.3 is 0 Å². The van der Waals surface area contributed by atoms with Crippen LogP contribution in [0.3, 0.4) is 0 Å². The average molecular weight is 447 g/mol. The molecule has 0 amide bonds. The van der Waals surface area contributed by atoms with Gasteiger partial charge in [-0.1, -0.05) is 0 Å². The molecule has 8 heteroatoms. The zero-order valence-corrected chi connectivity index (χ0v) is 17.6. The van der Waals surface area contributed by atoms with Gasteiger partial charge in [0.05, 0.1) is 0 Å². The Hall–Kier alpha value is -2.96. The molecule has 146 valence electrons. The minimum atomic E-state index is -0.0861. The van der Waals surface area contributed by atoms with Gasteiger partial charge in [-0.05, 0) is 0 Å². The molecular weight excluding hydrogens is 427 g/mol. The second-order valence-corrected chi connectivity index (χ2v) is 7.43. The van der Waals surface area contributed by atoms with E-state index in [1.165, 1.54) is 21.3 Å². The van der Waals surface area contributed by atoms with Crippen LogP contribution in [0.25, 0.3) is 11.3 Å². The zero-order valence-electron chi connectivity index (χ0n) is 15.9. The van der Waals surface area contributed by atoms with Crippen molar-refractivity contribution in [2.45, 2.75) is 0 Å². The van der Waals surface area contributed by atoms with E-state index in [2.05, 4.69) is 10.1 Å². The van der Waals surface area contributed by atoms with Crippen molar-refractivity contribution < 1.29 is 24.2 Å². The van der Waals surface area contributed by atoms with Crippen molar-refractivity contribution in [1.82, 2.24) is 4.98 Å². The monoisotopic (exact) mass is 448 g/mol. The Morgan fingerprint density at radius 3 is 2.07 bits per heavy atom. The molecule has 1 N–H and O–H groups in total. The first kappa shape index (κ1) is 19.8. The molecule has 7 nitrogen and oxygen atoms in total. The number of oxime groups is 1. The van der Waals surface area contributed by atoms with Gasteiger partial charge in [-0.2, -0.15) is 0 Å². The van der Waals surface area contributed by atoms with Crippen molar-refractivity contribution in [2.24, 2.45) is 5.16 Å². The van der Waals surface area contributed by atoms with Crippen LogP contribution < -0.4 is 18.9 Å². The SMILES string of the molecule is COc1ccc(-c2c[se]c(C(=NO)c3cc(OC)c(OC)c(OC)c3)n2)cc1. The van der Waals surface area contributed by atoms with Crippen LogP contribution in [0, 0.1) is 0 Å². The van der Waals surface area contributed by atoms with Crippen molar-refractivity contribution in [1.29, 1.82) is 0 Å². The molecule has 0 aliphatic heterocycles. The number of rotatable bonds is 7. The Morgan fingerprint density at radius 1 is 0.929 bits per heavy atom. The first-order chi connectivity index (χ1) is 13.6. The maximum atomic E-state index is 9.68. The van der Waals surface area contributed by atoms with E-state index in [0.29, 0.717) is 33.1 Å². The van der Waals surface area contributed by atoms with E-state index < -0.39 is 0 Å². The molecule has 2 aromatic carbocycles. The Kier molecular flexibility index (Phi) is 6.23. The predicted octanol–water partition coefficient (Wildman–Crippen LogP) is 3.07. The van der Waals surface area contributed by atoms with Crippen LogP contribution in [0.15, 0.2) is 46.5 Å². The van der Waals surface area contributed by atoms with Crippen LogP contribution in [0.4, 0.5) is 0 Å². The van der Waals surface area contributed by atoms with Gasteiger partial charge in [-0.3, -0.25) is 0 Å². The van der Waals surface area contributed by atoms with Gasteiger partial charge >= 0.3 is 169 Å². The van der Waals surface area contributed by atoms with E-state index >= 15 is 0 Å². The number of methoxy groups -OCH3 is 4. The van der Waals surface area contributed by atoms with Crippen LogP contribution in [0.2, 0.25) is 0 Å². The molecule has 0 radical (unpaired) electrons. The molecule has 0 aliphatic carbocycles. The molecule has 1 aromatic heterocycles. The summed E-state index contributed by atoms with van der Waals surface area (Å²) in [5.41, 5.74) is 2.81. The van der Waals surface area contributed by atoms with E-state index in [1.54, 1.807) is 19.2 Å². The summed E-state index contributed by atoms with van der Waals surface area (Å²) in [6, 6.07) is 11.1. The Balaban J connectivity index is 2.00. The fourth-order valence-corrected chi connectivity index (χ4v) is 4.47. The van der Waals surface area contributed by atoms with Crippen molar-refractivity contribution in [3.05, 3.63) is 51.5 Å². The van der Waals surface area contributed by atoms with E-state index in [0.717, 1.165) is 17.0 Å². The molecule has 0 unspecified atom stereocenters. The zero-order chi connectivity index (χ0) is 20.1. The van der Waals surface area contributed by atoms with Gasteiger partial charge in [-0.15, -0.1) is 0 Å². The second-order valence-electron chi connectivity index (χ2n) is 5.63.